The number of primary amides is 1. The highest BCUT2D eigenvalue weighted by atomic mass is 16.7. The minimum atomic E-state index is -0.708. The molecule has 0 saturated heterocycles. The van der Waals surface area contributed by atoms with Crippen molar-refractivity contribution in [3.8, 4) is 0 Å². The summed E-state index contributed by atoms with van der Waals surface area (Å²) >= 11 is 0. The van der Waals surface area contributed by atoms with Gasteiger partial charge in [-0.2, -0.15) is 5.90 Å². The Morgan fingerprint density at radius 3 is 2.60 bits per heavy atom. The van der Waals surface area contributed by atoms with Gasteiger partial charge in [0.2, 0.25) is 0 Å². The zero-order valence-electron chi connectivity index (χ0n) is 11.2. The van der Waals surface area contributed by atoms with Crippen molar-refractivity contribution < 1.29 is 23.9 Å². The monoisotopic (exact) mass is 284 g/mol. The average molecular weight is 284 g/mol. The van der Waals surface area contributed by atoms with Gasteiger partial charge in [0.25, 0.3) is 0 Å². The highest BCUT2D eigenvalue weighted by Gasteiger charge is 2.61. The number of hydrogen-bond donors (Lipinski definition) is 2. The molecule has 4 aliphatic rings. The molecular formula is C13H20N2O5. The van der Waals surface area contributed by atoms with Crippen LogP contribution in [0.15, 0.2) is 0 Å². The fourth-order valence-electron chi connectivity index (χ4n) is 4.75. The largest absolute Gasteiger partial charge is 0.449 e. The summed E-state index contributed by atoms with van der Waals surface area (Å²) in [5.41, 5.74) is 5.13. The quantitative estimate of drug-likeness (QED) is 0.703. The van der Waals surface area contributed by atoms with Gasteiger partial charge in [-0.1, -0.05) is 0 Å². The van der Waals surface area contributed by atoms with Crippen molar-refractivity contribution in [3.05, 3.63) is 0 Å². The highest BCUT2D eigenvalue weighted by molar-refractivity contribution is 5.70. The summed E-state index contributed by atoms with van der Waals surface area (Å²) in [6.07, 6.45) is 3.52. The van der Waals surface area contributed by atoms with Crippen LogP contribution in [0.2, 0.25) is 0 Å². The average Bonchev–Trinajstić information content (AvgIpc) is 2.81. The third-order valence-corrected chi connectivity index (χ3v) is 5.20. The van der Waals surface area contributed by atoms with E-state index in [0.717, 1.165) is 25.7 Å². The molecule has 4 N–H and O–H groups in total. The molecule has 0 aromatic rings. The van der Waals surface area contributed by atoms with E-state index in [-0.39, 0.29) is 18.1 Å². The Bertz CT molecular complexity index is 425. The molecule has 7 heteroatoms. The Morgan fingerprint density at radius 2 is 1.95 bits per heavy atom. The molecule has 0 radical (unpaired) electrons. The molecule has 20 heavy (non-hydrogen) atoms. The summed E-state index contributed by atoms with van der Waals surface area (Å²) in [5, 5.41) is 0. The molecule has 5 unspecified atom stereocenters. The Balaban J connectivity index is 1.60. The third-order valence-electron chi connectivity index (χ3n) is 5.20. The Morgan fingerprint density at radius 1 is 1.20 bits per heavy atom. The number of carbonyl (C=O) groups is 2. The molecule has 4 fully saturated rings. The molecule has 7 nitrogen and oxygen atoms in total. The van der Waals surface area contributed by atoms with E-state index in [1.165, 1.54) is 0 Å². The summed E-state index contributed by atoms with van der Waals surface area (Å²) in [4.78, 5) is 26.0. The van der Waals surface area contributed by atoms with Crippen LogP contribution in [0.4, 0.5) is 4.79 Å². The predicted octanol–water partition coefficient (Wildman–Crippen LogP) is 0.320. The number of nitrogens with two attached hydrogens (primary N) is 2. The third kappa shape index (κ3) is 2.25. The molecule has 1 amide bonds. The van der Waals surface area contributed by atoms with Crippen LogP contribution < -0.4 is 11.6 Å². The molecule has 5 atom stereocenters. The van der Waals surface area contributed by atoms with Gasteiger partial charge in [0, 0.05) is 5.41 Å². The van der Waals surface area contributed by atoms with Gasteiger partial charge in [0.05, 0.1) is 12.7 Å². The number of carbonyl (C=O) groups excluding carboxylic acids is 2. The van der Waals surface area contributed by atoms with Crippen molar-refractivity contribution in [2.24, 2.45) is 34.8 Å². The summed E-state index contributed by atoms with van der Waals surface area (Å²) in [6, 6.07) is 0. The van der Waals surface area contributed by atoms with Crippen molar-refractivity contribution in [1.82, 2.24) is 0 Å². The standard InChI is InChI=1S/C13H20N2O5/c14-12(17)19-6-13-2-7-1-8(3-13)11(9(7)4-13)18-5-10(16)20-15/h7-9,11H,1-6,15H2,(H2,14,17). The second-order valence-electron chi connectivity index (χ2n) is 6.41. The maximum atomic E-state index is 11.1. The van der Waals surface area contributed by atoms with Crippen molar-refractivity contribution >= 4 is 12.1 Å². The summed E-state index contributed by atoms with van der Waals surface area (Å²) in [5.74, 6) is 5.73. The molecule has 4 aliphatic carbocycles. The molecule has 0 spiro atoms. The lowest BCUT2D eigenvalue weighted by Crippen LogP contribution is -2.40. The Hall–Kier alpha value is -1.34. The summed E-state index contributed by atoms with van der Waals surface area (Å²) in [7, 11) is 0. The molecule has 0 heterocycles. The fraction of sp³-hybridized carbons (Fsp3) is 0.846. The second-order valence-corrected chi connectivity index (χ2v) is 6.41. The lowest BCUT2D eigenvalue weighted by molar-refractivity contribution is -0.155. The van der Waals surface area contributed by atoms with Crippen LogP contribution in [0.1, 0.15) is 25.7 Å². The number of hydrogen-bond acceptors (Lipinski definition) is 6. The SMILES string of the molecule is NOC(=O)COC1C2CC3CC(COC(N)=O)(C2)CC31. The van der Waals surface area contributed by atoms with Crippen LogP contribution in [-0.4, -0.2) is 31.4 Å². The number of amides is 1. The van der Waals surface area contributed by atoms with E-state index >= 15 is 0 Å². The van der Waals surface area contributed by atoms with Gasteiger partial charge < -0.3 is 20.0 Å². The van der Waals surface area contributed by atoms with E-state index in [0.29, 0.717) is 24.4 Å². The molecule has 0 aromatic heterocycles. The first kappa shape index (κ1) is 13.6. The van der Waals surface area contributed by atoms with Crippen LogP contribution in [0, 0.1) is 23.2 Å². The maximum Gasteiger partial charge on any atom is 0.404 e. The maximum absolute atomic E-state index is 11.1. The van der Waals surface area contributed by atoms with E-state index < -0.39 is 12.1 Å². The van der Waals surface area contributed by atoms with Gasteiger partial charge in [0.1, 0.15) is 6.61 Å². The first-order valence-electron chi connectivity index (χ1n) is 6.96. The molecule has 0 aromatic carbocycles. The molecule has 4 saturated carbocycles. The summed E-state index contributed by atoms with van der Waals surface area (Å²) < 4.78 is 10.7. The van der Waals surface area contributed by atoms with E-state index in [4.69, 9.17) is 21.1 Å². The van der Waals surface area contributed by atoms with Gasteiger partial charge in [-0.15, -0.1) is 0 Å². The fourth-order valence-corrected chi connectivity index (χ4v) is 4.75. The van der Waals surface area contributed by atoms with Crippen LogP contribution in [0.3, 0.4) is 0 Å². The van der Waals surface area contributed by atoms with E-state index in [1.807, 2.05) is 0 Å². The van der Waals surface area contributed by atoms with Crippen molar-refractivity contribution in [3.63, 3.8) is 0 Å². The van der Waals surface area contributed by atoms with Crippen molar-refractivity contribution in [1.29, 1.82) is 0 Å². The molecule has 0 aliphatic heterocycles. The number of rotatable bonds is 5. The lowest BCUT2D eigenvalue weighted by Gasteiger charge is -2.40. The summed E-state index contributed by atoms with van der Waals surface area (Å²) in [6.45, 7) is 0.315. The molecule has 4 bridgehead atoms. The smallest absolute Gasteiger partial charge is 0.404 e. The van der Waals surface area contributed by atoms with Gasteiger partial charge in [-0.25, -0.2) is 9.59 Å². The zero-order chi connectivity index (χ0) is 14.3. The van der Waals surface area contributed by atoms with Gasteiger partial charge in [-0.3, -0.25) is 0 Å². The lowest BCUT2D eigenvalue weighted by atomic mass is 9.69. The molecule has 4 rings (SSSR count). The van der Waals surface area contributed by atoms with Crippen molar-refractivity contribution in [2.75, 3.05) is 13.2 Å². The normalized spacial score (nSPS) is 40.9. The van der Waals surface area contributed by atoms with E-state index in [2.05, 4.69) is 4.84 Å². The van der Waals surface area contributed by atoms with Gasteiger partial charge in [0.15, 0.2) is 0 Å². The second kappa shape index (κ2) is 4.89. The minimum Gasteiger partial charge on any atom is -0.449 e. The van der Waals surface area contributed by atoms with E-state index in [1.54, 1.807) is 0 Å². The van der Waals surface area contributed by atoms with Gasteiger partial charge in [-0.05, 0) is 43.4 Å². The van der Waals surface area contributed by atoms with Crippen LogP contribution in [0.25, 0.3) is 0 Å². The first-order chi connectivity index (χ1) is 9.53. The Labute approximate surface area is 116 Å². The van der Waals surface area contributed by atoms with E-state index in [9.17, 15) is 9.59 Å². The number of ether oxygens (including phenoxy) is 2. The first-order valence-corrected chi connectivity index (χ1v) is 6.96. The highest BCUT2D eigenvalue weighted by Crippen LogP contribution is 2.64. The zero-order valence-corrected chi connectivity index (χ0v) is 11.2. The topological polar surface area (TPSA) is 114 Å². The van der Waals surface area contributed by atoms with Crippen LogP contribution >= 0.6 is 0 Å². The van der Waals surface area contributed by atoms with Crippen LogP contribution in [-0.2, 0) is 19.1 Å². The molecule has 112 valence electrons. The van der Waals surface area contributed by atoms with Gasteiger partial charge >= 0.3 is 12.1 Å². The predicted molar refractivity (Wildman–Crippen MR) is 66.9 cm³/mol. The Kier molecular flexibility index (Phi) is 3.33. The minimum absolute atomic E-state index is 0.0709. The molecular weight excluding hydrogens is 264 g/mol. The van der Waals surface area contributed by atoms with Crippen LogP contribution in [0.5, 0.6) is 0 Å². The van der Waals surface area contributed by atoms with Crippen molar-refractivity contribution in [2.45, 2.75) is 31.8 Å².